The number of hydrogen-bond donors (Lipinski definition) is 1. The van der Waals surface area contributed by atoms with Gasteiger partial charge in [0.2, 0.25) is 0 Å². The predicted octanol–water partition coefficient (Wildman–Crippen LogP) is -1.01. The summed E-state index contributed by atoms with van der Waals surface area (Å²) >= 11 is 0. The molecule has 0 saturated carbocycles. The van der Waals surface area contributed by atoms with Gasteiger partial charge >= 0.3 is 11.9 Å². The summed E-state index contributed by atoms with van der Waals surface area (Å²) < 4.78 is 13.6. The van der Waals surface area contributed by atoms with Crippen LogP contribution in [0.5, 0.6) is 0 Å². The Labute approximate surface area is 68.0 Å². The first-order valence-electron chi connectivity index (χ1n) is 3.20. The standard InChI is InChI=1S/C6H8O6/c1-10-6(9)4-3(5(7)8)11-2-12-4/h3-4H,2H2,1H3,(H,7,8)/t3-,4-/m1/s1. The van der Waals surface area contributed by atoms with Crippen LogP contribution >= 0.6 is 0 Å². The Hall–Kier alpha value is -1.14. The molecule has 1 saturated heterocycles. The van der Waals surface area contributed by atoms with E-state index in [9.17, 15) is 9.59 Å². The van der Waals surface area contributed by atoms with Crippen molar-refractivity contribution in [1.29, 1.82) is 0 Å². The Bertz CT molecular complexity index is 200. The van der Waals surface area contributed by atoms with Gasteiger partial charge in [-0.05, 0) is 0 Å². The monoisotopic (exact) mass is 176 g/mol. The molecule has 1 fully saturated rings. The van der Waals surface area contributed by atoms with E-state index in [0.717, 1.165) is 7.11 Å². The fraction of sp³-hybridized carbons (Fsp3) is 0.667. The zero-order valence-corrected chi connectivity index (χ0v) is 6.35. The van der Waals surface area contributed by atoms with Crippen LogP contribution in [0.25, 0.3) is 0 Å². The molecule has 1 heterocycles. The second-order valence-corrected chi connectivity index (χ2v) is 2.15. The minimum Gasteiger partial charge on any atom is -0.479 e. The van der Waals surface area contributed by atoms with E-state index in [1.165, 1.54) is 0 Å². The first-order valence-corrected chi connectivity index (χ1v) is 3.20. The van der Waals surface area contributed by atoms with E-state index in [1.54, 1.807) is 0 Å². The lowest BCUT2D eigenvalue weighted by molar-refractivity contribution is -0.158. The predicted molar refractivity (Wildman–Crippen MR) is 34.3 cm³/mol. The van der Waals surface area contributed by atoms with E-state index in [4.69, 9.17) is 9.84 Å². The molecule has 0 unspecified atom stereocenters. The maximum Gasteiger partial charge on any atom is 0.338 e. The van der Waals surface area contributed by atoms with Gasteiger partial charge in [-0.25, -0.2) is 9.59 Å². The minimum absolute atomic E-state index is 0.198. The van der Waals surface area contributed by atoms with E-state index < -0.39 is 24.1 Å². The van der Waals surface area contributed by atoms with E-state index in [1.807, 2.05) is 0 Å². The van der Waals surface area contributed by atoms with Crippen molar-refractivity contribution in [3.63, 3.8) is 0 Å². The normalized spacial score (nSPS) is 28.4. The van der Waals surface area contributed by atoms with Gasteiger partial charge < -0.3 is 19.3 Å². The number of carboxylic acids is 1. The van der Waals surface area contributed by atoms with Crippen LogP contribution in [0, 0.1) is 0 Å². The molecule has 1 aliphatic heterocycles. The number of rotatable bonds is 2. The Morgan fingerprint density at radius 2 is 2.00 bits per heavy atom. The molecule has 0 aromatic heterocycles. The van der Waals surface area contributed by atoms with Gasteiger partial charge in [-0.1, -0.05) is 0 Å². The van der Waals surface area contributed by atoms with E-state index in [-0.39, 0.29) is 6.79 Å². The average Bonchev–Trinajstić information content (AvgIpc) is 2.50. The summed E-state index contributed by atoms with van der Waals surface area (Å²) in [7, 11) is 1.16. The molecular formula is C6H8O6. The van der Waals surface area contributed by atoms with Crippen molar-refractivity contribution >= 4 is 11.9 Å². The highest BCUT2D eigenvalue weighted by atomic mass is 16.7. The summed E-state index contributed by atoms with van der Waals surface area (Å²) in [4.78, 5) is 21.3. The molecule has 0 aliphatic carbocycles. The third-order valence-electron chi connectivity index (χ3n) is 1.45. The molecule has 0 radical (unpaired) electrons. The minimum atomic E-state index is -1.25. The molecule has 1 rings (SSSR count). The van der Waals surface area contributed by atoms with Crippen LogP contribution in [0.4, 0.5) is 0 Å². The van der Waals surface area contributed by atoms with Crippen molar-refractivity contribution in [1.82, 2.24) is 0 Å². The van der Waals surface area contributed by atoms with Crippen molar-refractivity contribution in [2.45, 2.75) is 12.2 Å². The quantitative estimate of drug-likeness (QED) is 0.542. The van der Waals surface area contributed by atoms with E-state index in [0.29, 0.717) is 0 Å². The fourth-order valence-electron chi connectivity index (χ4n) is 0.869. The van der Waals surface area contributed by atoms with Crippen molar-refractivity contribution in [3.05, 3.63) is 0 Å². The third-order valence-corrected chi connectivity index (χ3v) is 1.45. The van der Waals surface area contributed by atoms with Gasteiger partial charge in [0.1, 0.15) is 6.79 Å². The zero-order valence-electron chi connectivity index (χ0n) is 6.35. The van der Waals surface area contributed by atoms with Gasteiger partial charge in [0.05, 0.1) is 7.11 Å². The van der Waals surface area contributed by atoms with E-state index >= 15 is 0 Å². The molecule has 68 valence electrons. The van der Waals surface area contributed by atoms with Crippen LogP contribution in [0.15, 0.2) is 0 Å². The Morgan fingerprint density at radius 3 is 2.50 bits per heavy atom. The smallest absolute Gasteiger partial charge is 0.338 e. The molecule has 6 heteroatoms. The Kier molecular flexibility index (Phi) is 2.61. The van der Waals surface area contributed by atoms with E-state index in [2.05, 4.69) is 9.47 Å². The number of carboxylic acid groups (broad SMARTS) is 1. The highest BCUT2D eigenvalue weighted by Crippen LogP contribution is 2.14. The number of carbonyl (C=O) groups is 2. The fourth-order valence-corrected chi connectivity index (χ4v) is 0.869. The van der Waals surface area contributed by atoms with Crippen LogP contribution in [-0.4, -0.2) is 43.2 Å². The second-order valence-electron chi connectivity index (χ2n) is 2.15. The summed E-state index contributed by atoms with van der Waals surface area (Å²) in [5.41, 5.74) is 0. The molecule has 0 bridgehead atoms. The van der Waals surface area contributed by atoms with Crippen molar-refractivity contribution in [3.8, 4) is 0 Å². The van der Waals surface area contributed by atoms with Gasteiger partial charge in [0.15, 0.2) is 12.2 Å². The first-order chi connectivity index (χ1) is 5.66. The van der Waals surface area contributed by atoms with Gasteiger partial charge in [0.25, 0.3) is 0 Å². The summed E-state index contributed by atoms with van der Waals surface area (Å²) in [5.74, 6) is -1.97. The molecule has 1 N–H and O–H groups in total. The molecular weight excluding hydrogens is 168 g/mol. The summed E-state index contributed by atoms with van der Waals surface area (Å²) in [5, 5.41) is 8.52. The van der Waals surface area contributed by atoms with Gasteiger partial charge in [0, 0.05) is 0 Å². The third kappa shape index (κ3) is 1.54. The summed E-state index contributed by atoms with van der Waals surface area (Å²) in [6, 6.07) is 0. The number of esters is 1. The van der Waals surface area contributed by atoms with Crippen molar-refractivity contribution < 1.29 is 28.9 Å². The Morgan fingerprint density at radius 1 is 1.42 bits per heavy atom. The van der Waals surface area contributed by atoms with Crippen LogP contribution in [-0.2, 0) is 23.8 Å². The van der Waals surface area contributed by atoms with Crippen LogP contribution < -0.4 is 0 Å². The Balaban J connectivity index is 2.63. The largest absolute Gasteiger partial charge is 0.479 e. The topological polar surface area (TPSA) is 82.1 Å². The highest BCUT2D eigenvalue weighted by molar-refractivity contribution is 5.85. The maximum absolute atomic E-state index is 10.8. The van der Waals surface area contributed by atoms with Gasteiger partial charge in [-0.2, -0.15) is 0 Å². The van der Waals surface area contributed by atoms with Crippen LogP contribution in [0.1, 0.15) is 0 Å². The summed E-state index contributed by atoms with van der Waals surface area (Å²) in [6.07, 6.45) is -2.40. The molecule has 6 nitrogen and oxygen atoms in total. The number of hydrogen-bond acceptors (Lipinski definition) is 5. The average molecular weight is 176 g/mol. The van der Waals surface area contributed by atoms with Crippen molar-refractivity contribution in [2.24, 2.45) is 0 Å². The number of methoxy groups -OCH3 is 1. The number of aliphatic carboxylic acids is 1. The second kappa shape index (κ2) is 3.51. The molecule has 12 heavy (non-hydrogen) atoms. The molecule has 0 aromatic rings. The van der Waals surface area contributed by atoms with Gasteiger partial charge in [-0.3, -0.25) is 0 Å². The molecule has 2 atom stereocenters. The first kappa shape index (κ1) is 8.95. The molecule has 0 aromatic carbocycles. The lowest BCUT2D eigenvalue weighted by atomic mass is 10.2. The van der Waals surface area contributed by atoms with Crippen LogP contribution in [0.3, 0.4) is 0 Å². The van der Waals surface area contributed by atoms with Gasteiger partial charge in [-0.15, -0.1) is 0 Å². The van der Waals surface area contributed by atoms with Crippen molar-refractivity contribution in [2.75, 3.05) is 13.9 Å². The lowest BCUT2D eigenvalue weighted by Crippen LogP contribution is -2.37. The maximum atomic E-state index is 10.8. The summed E-state index contributed by atoms with van der Waals surface area (Å²) in [6.45, 7) is -0.198. The highest BCUT2D eigenvalue weighted by Gasteiger charge is 2.41. The zero-order chi connectivity index (χ0) is 9.14. The molecule has 0 amide bonds. The molecule has 0 spiro atoms. The number of ether oxygens (including phenoxy) is 3. The van der Waals surface area contributed by atoms with Crippen LogP contribution in [0.2, 0.25) is 0 Å². The SMILES string of the molecule is COC(=O)[C@@H]1OCO[C@H]1C(=O)O. The lowest BCUT2D eigenvalue weighted by Gasteiger charge is -2.09. The molecule has 1 aliphatic rings. The number of carbonyl (C=O) groups excluding carboxylic acids is 1.